The molecule has 0 radical (unpaired) electrons. The molecule has 0 unspecified atom stereocenters. The normalized spacial score (nSPS) is 17.6. The standard InChI is InChI=1S/C23H31N5O2/c1-17-15-20(24-26(17)3)23(30)25(2)19-10-13-27(14-11-19)16-22(29)28-12-6-8-18-7-4-5-9-21(18)28/h4-5,7,9,15,19H,6,8,10-14,16H2,1-3H3. The number of hydrogen-bond acceptors (Lipinski definition) is 4. The number of aryl methyl sites for hydroxylation is 3. The molecule has 7 heteroatoms. The van der Waals surface area contributed by atoms with Crippen LogP contribution in [-0.4, -0.2) is 70.7 Å². The number of nitrogens with zero attached hydrogens (tertiary/aromatic N) is 5. The van der Waals surface area contributed by atoms with E-state index >= 15 is 0 Å². The molecule has 1 aromatic carbocycles. The average molecular weight is 410 g/mol. The lowest BCUT2D eigenvalue weighted by molar-refractivity contribution is -0.120. The number of carbonyl (C=O) groups excluding carboxylic acids is 2. The van der Waals surface area contributed by atoms with Crippen LogP contribution in [-0.2, 0) is 18.3 Å². The van der Waals surface area contributed by atoms with E-state index in [-0.39, 0.29) is 17.9 Å². The predicted octanol–water partition coefficient (Wildman–Crippen LogP) is 2.24. The van der Waals surface area contributed by atoms with Crippen LogP contribution >= 0.6 is 0 Å². The highest BCUT2D eigenvalue weighted by Crippen LogP contribution is 2.27. The highest BCUT2D eigenvalue weighted by Gasteiger charge is 2.29. The Balaban J connectivity index is 1.32. The second-order valence-electron chi connectivity index (χ2n) is 8.50. The van der Waals surface area contributed by atoms with Gasteiger partial charge in [-0.15, -0.1) is 0 Å². The first kappa shape index (κ1) is 20.6. The van der Waals surface area contributed by atoms with Crippen LogP contribution in [0.5, 0.6) is 0 Å². The second kappa shape index (κ2) is 8.60. The molecule has 1 fully saturated rings. The van der Waals surface area contributed by atoms with E-state index in [1.165, 1.54) is 5.56 Å². The number of aromatic nitrogens is 2. The summed E-state index contributed by atoms with van der Waals surface area (Å²) in [4.78, 5) is 31.7. The van der Waals surface area contributed by atoms with Crippen molar-refractivity contribution >= 4 is 17.5 Å². The van der Waals surface area contributed by atoms with Gasteiger partial charge in [-0.25, -0.2) is 0 Å². The maximum absolute atomic E-state index is 13.0. The van der Waals surface area contributed by atoms with Crippen molar-refractivity contribution in [3.05, 3.63) is 47.3 Å². The van der Waals surface area contributed by atoms with Crippen LogP contribution in [0.1, 0.15) is 41.0 Å². The number of para-hydroxylation sites is 1. The Hall–Kier alpha value is -2.67. The second-order valence-corrected chi connectivity index (χ2v) is 8.50. The first-order chi connectivity index (χ1) is 14.4. The topological polar surface area (TPSA) is 61.7 Å². The number of amides is 2. The zero-order valence-electron chi connectivity index (χ0n) is 18.2. The maximum Gasteiger partial charge on any atom is 0.274 e. The summed E-state index contributed by atoms with van der Waals surface area (Å²) in [7, 11) is 3.71. The number of fused-ring (bicyclic) bond motifs is 1. The van der Waals surface area contributed by atoms with E-state index in [2.05, 4.69) is 22.1 Å². The van der Waals surface area contributed by atoms with E-state index in [1.54, 1.807) is 4.68 Å². The number of carbonyl (C=O) groups is 2. The average Bonchev–Trinajstić information content (AvgIpc) is 3.11. The van der Waals surface area contributed by atoms with Crippen molar-refractivity contribution in [1.29, 1.82) is 0 Å². The molecular formula is C23H31N5O2. The Kier molecular flexibility index (Phi) is 5.90. The van der Waals surface area contributed by atoms with Crippen molar-refractivity contribution in [2.24, 2.45) is 7.05 Å². The van der Waals surface area contributed by atoms with E-state index in [0.717, 1.165) is 56.7 Å². The number of rotatable bonds is 4. The van der Waals surface area contributed by atoms with E-state index < -0.39 is 0 Å². The number of hydrogen-bond donors (Lipinski definition) is 0. The lowest BCUT2D eigenvalue weighted by Gasteiger charge is -2.37. The fraction of sp³-hybridized carbons (Fsp3) is 0.522. The van der Waals surface area contributed by atoms with Crippen molar-refractivity contribution in [3.63, 3.8) is 0 Å². The molecule has 0 saturated carbocycles. The van der Waals surface area contributed by atoms with E-state index in [9.17, 15) is 9.59 Å². The zero-order chi connectivity index (χ0) is 21.3. The number of benzene rings is 1. The van der Waals surface area contributed by atoms with E-state index in [4.69, 9.17) is 0 Å². The van der Waals surface area contributed by atoms with Gasteiger partial charge in [0.2, 0.25) is 5.91 Å². The van der Waals surface area contributed by atoms with Crippen LogP contribution in [0, 0.1) is 6.92 Å². The van der Waals surface area contributed by atoms with E-state index in [1.807, 2.05) is 49.0 Å². The first-order valence-electron chi connectivity index (χ1n) is 10.8. The largest absolute Gasteiger partial charge is 0.337 e. The minimum atomic E-state index is -0.0295. The minimum absolute atomic E-state index is 0.0295. The third kappa shape index (κ3) is 4.12. The van der Waals surface area contributed by atoms with Crippen LogP contribution < -0.4 is 4.90 Å². The molecule has 7 nitrogen and oxygen atoms in total. The monoisotopic (exact) mass is 409 g/mol. The van der Waals surface area contributed by atoms with Gasteiger partial charge in [-0.2, -0.15) is 5.10 Å². The summed E-state index contributed by atoms with van der Waals surface area (Å²) in [5.74, 6) is 0.146. The molecule has 2 aliphatic heterocycles. The first-order valence-corrected chi connectivity index (χ1v) is 10.8. The van der Waals surface area contributed by atoms with Crippen LogP contribution in [0.25, 0.3) is 0 Å². The van der Waals surface area contributed by atoms with Gasteiger partial charge in [0, 0.05) is 51.2 Å². The molecular weight excluding hydrogens is 378 g/mol. The molecule has 3 heterocycles. The van der Waals surface area contributed by atoms with Crippen LogP contribution in [0.4, 0.5) is 5.69 Å². The summed E-state index contributed by atoms with van der Waals surface area (Å²) in [5.41, 5.74) is 3.80. The quantitative estimate of drug-likeness (QED) is 0.777. The fourth-order valence-corrected chi connectivity index (χ4v) is 4.55. The number of piperidine rings is 1. The SMILES string of the molecule is Cc1cc(C(=O)N(C)C2CCN(CC(=O)N3CCCc4ccccc43)CC2)nn1C. The molecule has 2 aromatic rings. The number of likely N-dealkylation sites (tertiary alicyclic amines) is 1. The Labute approximate surface area is 178 Å². The summed E-state index contributed by atoms with van der Waals surface area (Å²) in [6.45, 7) is 4.83. The van der Waals surface area contributed by atoms with Gasteiger partial charge in [0.25, 0.3) is 5.91 Å². The third-order valence-electron chi connectivity index (χ3n) is 6.53. The lowest BCUT2D eigenvalue weighted by atomic mass is 10.0. The van der Waals surface area contributed by atoms with Crippen molar-refractivity contribution in [2.75, 3.05) is 38.1 Å². The molecule has 30 heavy (non-hydrogen) atoms. The summed E-state index contributed by atoms with van der Waals surface area (Å²) in [6, 6.07) is 10.2. The van der Waals surface area contributed by atoms with Crippen LogP contribution in [0.2, 0.25) is 0 Å². The molecule has 1 aromatic heterocycles. The highest BCUT2D eigenvalue weighted by atomic mass is 16.2. The number of anilines is 1. The van der Waals surface area contributed by atoms with Crippen molar-refractivity contribution in [1.82, 2.24) is 19.6 Å². The summed E-state index contributed by atoms with van der Waals surface area (Å²) in [5, 5.41) is 4.32. The molecule has 1 saturated heterocycles. The van der Waals surface area contributed by atoms with Crippen molar-refractivity contribution in [2.45, 2.75) is 38.6 Å². The van der Waals surface area contributed by atoms with Crippen molar-refractivity contribution in [3.8, 4) is 0 Å². The van der Waals surface area contributed by atoms with Gasteiger partial charge >= 0.3 is 0 Å². The van der Waals surface area contributed by atoms with Crippen LogP contribution in [0.15, 0.2) is 30.3 Å². The Morgan fingerprint density at radius 2 is 1.90 bits per heavy atom. The van der Waals surface area contributed by atoms with Gasteiger partial charge in [-0.1, -0.05) is 18.2 Å². The molecule has 0 atom stereocenters. The highest BCUT2D eigenvalue weighted by molar-refractivity contribution is 5.96. The summed E-state index contributed by atoms with van der Waals surface area (Å²) in [6.07, 6.45) is 3.81. The summed E-state index contributed by atoms with van der Waals surface area (Å²) < 4.78 is 1.73. The Bertz CT molecular complexity index is 910. The zero-order valence-corrected chi connectivity index (χ0v) is 18.2. The Morgan fingerprint density at radius 3 is 2.60 bits per heavy atom. The van der Waals surface area contributed by atoms with Gasteiger partial charge in [-0.05, 0) is 50.3 Å². The van der Waals surface area contributed by atoms with Gasteiger partial charge in [0.15, 0.2) is 5.69 Å². The van der Waals surface area contributed by atoms with Gasteiger partial charge < -0.3 is 9.80 Å². The minimum Gasteiger partial charge on any atom is -0.337 e. The predicted molar refractivity (Wildman–Crippen MR) is 117 cm³/mol. The maximum atomic E-state index is 13.0. The molecule has 0 aliphatic carbocycles. The lowest BCUT2D eigenvalue weighted by Crippen LogP contribution is -2.49. The molecule has 0 bridgehead atoms. The third-order valence-corrected chi connectivity index (χ3v) is 6.53. The van der Waals surface area contributed by atoms with E-state index in [0.29, 0.717) is 12.2 Å². The van der Waals surface area contributed by atoms with Gasteiger partial charge in [0.05, 0.1) is 6.54 Å². The van der Waals surface area contributed by atoms with Gasteiger partial charge in [0.1, 0.15) is 0 Å². The molecule has 0 spiro atoms. The molecule has 4 rings (SSSR count). The van der Waals surface area contributed by atoms with Crippen LogP contribution in [0.3, 0.4) is 0 Å². The summed E-state index contributed by atoms with van der Waals surface area (Å²) >= 11 is 0. The molecule has 2 aliphatic rings. The fourth-order valence-electron chi connectivity index (χ4n) is 4.55. The molecule has 2 amide bonds. The van der Waals surface area contributed by atoms with Gasteiger partial charge in [-0.3, -0.25) is 19.2 Å². The smallest absolute Gasteiger partial charge is 0.274 e. The van der Waals surface area contributed by atoms with Crippen molar-refractivity contribution < 1.29 is 9.59 Å². The molecule has 160 valence electrons. The Morgan fingerprint density at radius 1 is 1.17 bits per heavy atom. The molecule has 0 N–H and O–H groups in total.